The topological polar surface area (TPSA) is 105 Å². The molecule has 8 heteroatoms. The Bertz CT molecular complexity index is 959. The van der Waals surface area contributed by atoms with Crippen molar-refractivity contribution in [2.24, 2.45) is 21.7 Å². The molecule has 2 aliphatic heterocycles. The number of aromatic nitrogens is 1. The number of aliphatic imine (C=N–C) groups is 1. The van der Waals surface area contributed by atoms with Crippen LogP contribution in [0.2, 0.25) is 0 Å². The summed E-state index contributed by atoms with van der Waals surface area (Å²) in [6.07, 6.45) is 12.5. The van der Waals surface area contributed by atoms with E-state index in [9.17, 15) is 4.79 Å². The summed E-state index contributed by atoms with van der Waals surface area (Å²) in [5.41, 5.74) is 9.72. The van der Waals surface area contributed by atoms with Crippen LogP contribution in [-0.2, 0) is 9.53 Å². The third-order valence-electron chi connectivity index (χ3n) is 5.30. The Hall–Kier alpha value is -3.36. The van der Waals surface area contributed by atoms with Crippen molar-refractivity contribution in [3.63, 3.8) is 0 Å². The zero-order valence-corrected chi connectivity index (χ0v) is 23.7. The number of carbonyl (C=O) groups excluding carboxylic acids is 1. The number of pyridine rings is 1. The average Bonchev–Trinajstić information content (AvgIpc) is 3.04. The number of methoxy groups -OCH3 is 1. The van der Waals surface area contributed by atoms with Gasteiger partial charge in [0.15, 0.2) is 5.82 Å². The van der Waals surface area contributed by atoms with Crippen LogP contribution in [-0.4, -0.2) is 54.3 Å². The van der Waals surface area contributed by atoms with Crippen molar-refractivity contribution in [3.05, 3.63) is 66.3 Å². The van der Waals surface area contributed by atoms with Crippen molar-refractivity contribution in [3.8, 4) is 0 Å². The first-order valence-electron chi connectivity index (χ1n) is 12.6. The lowest BCUT2D eigenvalue weighted by atomic mass is 9.97. The summed E-state index contributed by atoms with van der Waals surface area (Å²) >= 11 is 0. The molecule has 3 N–H and O–H groups in total. The van der Waals surface area contributed by atoms with Gasteiger partial charge in [0.1, 0.15) is 12.2 Å². The van der Waals surface area contributed by atoms with Crippen LogP contribution in [0, 0.1) is 12.8 Å². The van der Waals surface area contributed by atoms with Crippen molar-refractivity contribution >= 4 is 30.6 Å². The molecule has 3 heterocycles. The van der Waals surface area contributed by atoms with Crippen LogP contribution >= 0.6 is 0 Å². The van der Waals surface area contributed by atoms with Crippen molar-refractivity contribution in [1.82, 2.24) is 15.3 Å². The molecule has 3 unspecified atom stereocenters. The molecule has 0 aliphatic carbocycles. The molecule has 0 bridgehead atoms. The third-order valence-corrected chi connectivity index (χ3v) is 5.30. The molecule has 0 aromatic carbocycles. The van der Waals surface area contributed by atoms with Gasteiger partial charge in [0.05, 0.1) is 7.11 Å². The average molecular weight is 511 g/mol. The van der Waals surface area contributed by atoms with E-state index in [2.05, 4.69) is 51.9 Å². The van der Waals surface area contributed by atoms with Crippen LogP contribution in [0.15, 0.2) is 59.6 Å². The molecule has 1 aromatic heterocycles. The minimum absolute atomic E-state index is 0.0591. The summed E-state index contributed by atoms with van der Waals surface area (Å²) in [5.74, 6) is 1.19. The first-order valence-corrected chi connectivity index (χ1v) is 12.6. The highest BCUT2D eigenvalue weighted by atomic mass is 16.5. The number of nitrogens with one attached hydrogen (secondary N) is 1. The molecule has 0 radical (unpaired) electrons. The lowest BCUT2D eigenvalue weighted by molar-refractivity contribution is -0.143. The SMILES string of the molecule is C=CC.C=Cc1cc(/C=C2\N=C(C)C=CC(N)N2N=C)cnc1C.CC.COC(=O)C1CCC(C)CN1. The molecule has 0 spiro atoms. The summed E-state index contributed by atoms with van der Waals surface area (Å²) < 4.78 is 4.62. The van der Waals surface area contributed by atoms with Crippen LogP contribution in [0.1, 0.15) is 64.3 Å². The fourth-order valence-corrected chi connectivity index (χ4v) is 3.35. The first-order chi connectivity index (χ1) is 17.7. The lowest BCUT2D eigenvalue weighted by Gasteiger charge is -2.25. The summed E-state index contributed by atoms with van der Waals surface area (Å²) in [6, 6.07) is 1.94. The number of nitrogens with zero attached hydrogens (tertiary/aromatic N) is 4. The van der Waals surface area contributed by atoms with Gasteiger partial charge in [0.25, 0.3) is 0 Å². The van der Waals surface area contributed by atoms with Gasteiger partial charge < -0.3 is 15.8 Å². The number of esters is 1. The molecular weight excluding hydrogens is 464 g/mol. The molecule has 1 aromatic rings. The van der Waals surface area contributed by atoms with Crippen LogP contribution in [0.4, 0.5) is 0 Å². The summed E-state index contributed by atoms with van der Waals surface area (Å²) in [5, 5.41) is 8.67. The number of nitrogens with two attached hydrogens (primary N) is 1. The van der Waals surface area contributed by atoms with E-state index in [4.69, 9.17) is 5.73 Å². The number of ether oxygens (including phenoxy) is 1. The molecule has 8 nitrogen and oxygen atoms in total. The monoisotopic (exact) mass is 510 g/mol. The Balaban J connectivity index is 0.000000679. The fourth-order valence-electron chi connectivity index (χ4n) is 3.35. The molecule has 3 rings (SSSR count). The minimum atomic E-state index is -0.396. The summed E-state index contributed by atoms with van der Waals surface area (Å²) in [6.45, 7) is 23.6. The molecule has 204 valence electrons. The van der Waals surface area contributed by atoms with Crippen LogP contribution < -0.4 is 11.1 Å². The predicted molar refractivity (Wildman–Crippen MR) is 158 cm³/mol. The van der Waals surface area contributed by atoms with Crippen molar-refractivity contribution < 1.29 is 9.53 Å². The van der Waals surface area contributed by atoms with Crippen LogP contribution in [0.5, 0.6) is 0 Å². The van der Waals surface area contributed by atoms with Gasteiger partial charge in [0, 0.05) is 24.3 Å². The maximum absolute atomic E-state index is 11.0. The van der Waals surface area contributed by atoms with Crippen molar-refractivity contribution in [1.29, 1.82) is 0 Å². The second-order valence-corrected chi connectivity index (χ2v) is 8.31. The first kappa shape index (κ1) is 33.6. The molecule has 1 fully saturated rings. The zero-order chi connectivity index (χ0) is 28.4. The minimum Gasteiger partial charge on any atom is -0.468 e. The molecule has 3 atom stereocenters. The Morgan fingerprint density at radius 1 is 1.30 bits per heavy atom. The molecule has 1 saturated heterocycles. The van der Waals surface area contributed by atoms with E-state index >= 15 is 0 Å². The van der Waals surface area contributed by atoms with Crippen LogP contribution in [0.25, 0.3) is 12.2 Å². The van der Waals surface area contributed by atoms with Gasteiger partial charge in [-0.15, -0.1) is 6.58 Å². The normalized spacial score (nSPS) is 21.3. The van der Waals surface area contributed by atoms with Gasteiger partial charge in [-0.25, -0.2) is 10.0 Å². The van der Waals surface area contributed by atoms with E-state index in [0.29, 0.717) is 11.7 Å². The fraction of sp³-hybridized carbons (Fsp3) is 0.448. The van der Waals surface area contributed by atoms with Crippen molar-refractivity contribution in [2.45, 2.75) is 66.6 Å². The molecular formula is C29H46N6O2. The molecule has 0 amide bonds. The van der Waals surface area contributed by atoms with Gasteiger partial charge in [-0.2, -0.15) is 5.10 Å². The predicted octanol–water partition coefficient (Wildman–Crippen LogP) is 5.33. The highest BCUT2D eigenvalue weighted by Gasteiger charge is 2.23. The third kappa shape index (κ3) is 11.9. The van der Waals surface area contributed by atoms with Gasteiger partial charge in [0.2, 0.25) is 0 Å². The molecule has 2 aliphatic rings. The van der Waals surface area contributed by atoms with Gasteiger partial charge in [-0.05, 0) is 81.5 Å². The second kappa shape index (κ2) is 18.8. The molecule has 0 saturated carbocycles. The maximum atomic E-state index is 11.0. The summed E-state index contributed by atoms with van der Waals surface area (Å²) in [7, 11) is 1.43. The summed E-state index contributed by atoms with van der Waals surface area (Å²) in [4.78, 5) is 19.8. The van der Waals surface area contributed by atoms with E-state index < -0.39 is 6.17 Å². The number of hydrogen-bond acceptors (Lipinski definition) is 8. The number of hydrazone groups is 1. The van der Waals surface area contributed by atoms with E-state index in [1.165, 1.54) is 7.11 Å². The van der Waals surface area contributed by atoms with Gasteiger partial charge >= 0.3 is 5.97 Å². The Morgan fingerprint density at radius 3 is 2.46 bits per heavy atom. The van der Waals surface area contributed by atoms with Crippen LogP contribution in [0.3, 0.4) is 0 Å². The highest BCUT2D eigenvalue weighted by Crippen LogP contribution is 2.19. The smallest absolute Gasteiger partial charge is 0.322 e. The van der Waals surface area contributed by atoms with Crippen molar-refractivity contribution in [2.75, 3.05) is 13.7 Å². The van der Waals surface area contributed by atoms with E-state index in [-0.39, 0.29) is 12.0 Å². The number of allylic oxidation sites excluding steroid dienone is 2. The number of hydrogen-bond donors (Lipinski definition) is 2. The van der Waals surface area contributed by atoms with E-state index in [1.807, 2.05) is 58.9 Å². The highest BCUT2D eigenvalue weighted by molar-refractivity contribution is 5.94. The second-order valence-electron chi connectivity index (χ2n) is 8.31. The van der Waals surface area contributed by atoms with Gasteiger partial charge in [-0.1, -0.05) is 39.5 Å². The number of rotatable bonds is 4. The lowest BCUT2D eigenvalue weighted by Crippen LogP contribution is -2.43. The number of aryl methyl sites for hydroxylation is 1. The standard InChI is InChI=1S/C16H19N5.C8H15NO2.C3H6.C2H6/c1-5-14-8-13(10-19-12(14)3)9-16-20-11(2)6-7-15(17)21(16)18-4;1-6-3-4-7(9-5-6)8(10)11-2;1-3-2;1-2/h5-10,15H,1,4,17H2,2-3H3;6-7,9H,3-5H2,1-2H3;3H,1H2,2H3;1-2H3/b16-9+;;;. The zero-order valence-electron chi connectivity index (χ0n) is 23.7. The molecule has 37 heavy (non-hydrogen) atoms. The van der Waals surface area contributed by atoms with E-state index in [1.54, 1.807) is 23.4 Å². The Kier molecular flexibility index (Phi) is 17.1. The number of carbonyl (C=O) groups is 1. The quantitative estimate of drug-likeness (QED) is 0.322. The van der Waals surface area contributed by atoms with Gasteiger partial charge in [-0.3, -0.25) is 9.78 Å². The Labute approximate surface area is 223 Å². The maximum Gasteiger partial charge on any atom is 0.322 e. The largest absolute Gasteiger partial charge is 0.468 e. The Morgan fingerprint density at radius 2 is 1.95 bits per heavy atom. The number of piperidine rings is 1. The van der Waals surface area contributed by atoms with E-state index in [0.717, 1.165) is 41.9 Å².